The minimum atomic E-state index is -0.0451. The number of unbranched alkanes of at least 4 members (excludes halogenated alkanes) is 1. The normalized spacial score (nSPS) is 14.6. The van der Waals surface area contributed by atoms with E-state index in [1.165, 1.54) is 150 Å². The van der Waals surface area contributed by atoms with Gasteiger partial charge in [-0.3, -0.25) is 0 Å². The van der Waals surface area contributed by atoms with Crippen molar-refractivity contribution in [1.82, 2.24) is 0 Å². The fraction of sp³-hybridized carbons (Fsp3) is 0.129. The Kier molecular flexibility index (Phi) is 9.70. The molecule has 0 saturated carbocycles. The molecule has 0 spiro atoms. The number of benzene rings is 9. The molecule has 0 unspecified atom stereocenters. The van der Waals surface area contributed by atoms with E-state index in [2.05, 4.69) is 202 Å². The predicted octanol–water partition coefficient (Wildman–Crippen LogP) is 11.2. The van der Waals surface area contributed by atoms with Crippen molar-refractivity contribution in [3.8, 4) is 0 Å². The summed E-state index contributed by atoms with van der Waals surface area (Å²) in [6, 6.07) is 61.9. The first-order chi connectivity index (χ1) is 34.8. The van der Waals surface area contributed by atoms with E-state index in [0.717, 1.165) is 19.3 Å². The summed E-state index contributed by atoms with van der Waals surface area (Å²) in [5.41, 5.74) is 27.2. The predicted molar refractivity (Wildman–Crippen MR) is 310 cm³/mol. The molecule has 0 aliphatic carbocycles. The van der Waals surface area contributed by atoms with Gasteiger partial charge in [0.05, 0.1) is 0 Å². The molecule has 0 amide bonds. The minimum Gasteiger partial charge on any atom is -0.311 e. The second-order valence-electron chi connectivity index (χ2n) is 20.5. The van der Waals surface area contributed by atoms with E-state index in [4.69, 9.17) is 0 Å². The molecular weight excluding hydrogens is 933 g/mol. The van der Waals surface area contributed by atoms with Crippen molar-refractivity contribution < 1.29 is 0 Å². The number of fused-ring (bicyclic) bond motifs is 14. The first-order valence-electron chi connectivity index (χ1n) is 25.2. The lowest BCUT2D eigenvalue weighted by Gasteiger charge is -2.48. The largest absolute Gasteiger partial charge is 0.311 e. The van der Waals surface area contributed by atoms with Crippen LogP contribution in [0.15, 0.2) is 197 Å². The van der Waals surface area contributed by atoms with Crippen molar-refractivity contribution in [2.24, 2.45) is 0 Å². The fourth-order valence-electron chi connectivity index (χ4n) is 13.1. The summed E-state index contributed by atoms with van der Waals surface area (Å²) in [7, 11) is 0. The van der Waals surface area contributed by atoms with Gasteiger partial charge in [-0.2, -0.15) is 0 Å². The molecule has 0 radical (unpaired) electrons. The third-order valence-corrected chi connectivity index (χ3v) is 20.5. The molecule has 9 heteroatoms. The summed E-state index contributed by atoms with van der Waals surface area (Å²) in [6.45, 7) is 11.6. The van der Waals surface area contributed by atoms with Crippen LogP contribution in [0.4, 0.5) is 34.1 Å². The van der Waals surface area contributed by atoms with Crippen LogP contribution in [0.2, 0.25) is 0 Å². The van der Waals surface area contributed by atoms with E-state index >= 15 is 0 Å². The van der Waals surface area contributed by atoms with Crippen LogP contribution in [0.25, 0.3) is 0 Å². The Morgan fingerprint density at radius 1 is 0.366 bits per heavy atom. The summed E-state index contributed by atoms with van der Waals surface area (Å²) in [5, 5.41) is 0. The van der Waals surface area contributed by atoms with Gasteiger partial charge in [0, 0.05) is 73.3 Å². The molecule has 15 rings (SSSR count). The lowest BCUT2D eigenvalue weighted by Crippen LogP contribution is -2.67. The molecule has 0 aromatic heterocycles. The van der Waals surface area contributed by atoms with Gasteiger partial charge in [0.2, 0.25) is 13.4 Å². The Bertz CT molecular complexity index is 3530. The highest BCUT2D eigenvalue weighted by atomic mass is 32.2. The standard InChI is InChI=1S/C62H47B3N2S4/c1-6-7-16-39-31-46-56-47(32-39)67(41-29-37(4)26-38(5)30-41)49-34-55-60-62(71-53-24-15-11-20-45(53)64(60)43-18-9-13-22-51(43)69-55)58(49)65(56)57-48(66(46)40-27-35(2)25-36(3)28-40)33-54-59-61(57)70-52-23-14-10-19-44(52)63(59)42-17-8-12-21-50(42)68-54/h8-15,17-34H,6-7,16H2,1-5H3. The SMILES string of the molecule is CCCCc1cc2c3c(c1)N(c1cc(C)cc(C)c1)c1cc4c5c(c1B3c1c(cc3c6c1Sc1ccccc1B6c1ccccc1S3)N2c1cc(C)cc(C)c1)Sc1ccccc1B5c1ccccc1S4. The summed E-state index contributed by atoms with van der Waals surface area (Å²) < 4.78 is 0. The first kappa shape index (κ1) is 42.8. The van der Waals surface area contributed by atoms with Crippen LogP contribution in [0, 0.1) is 27.7 Å². The van der Waals surface area contributed by atoms with Crippen LogP contribution in [0.1, 0.15) is 47.6 Å². The van der Waals surface area contributed by atoms with E-state index in [-0.39, 0.29) is 20.1 Å². The molecule has 0 bridgehead atoms. The van der Waals surface area contributed by atoms with E-state index in [1.807, 2.05) is 47.0 Å². The zero-order valence-electron chi connectivity index (χ0n) is 40.4. The monoisotopic (exact) mass is 980 g/mol. The molecule has 6 aliphatic rings. The molecule has 6 aliphatic heterocycles. The lowest BCUT2D eigenvalue weighted by molar-refractivity contribution is 0.795. The molecule has 0 atom stereocenters. The van der Waals surface area contributed by atoms with Crippen molar-refractivity contribution in [3.63, 3.8) is 0 Å². The maximum Gasteiger partial charge on any atom is 0.255 e. The lowest BCUT2D eigenvalue weighted by atomic mass is 9.30. The summed E-state index contributed by atoms with van der Waals surface area (Å²) >= 11 is 8.00. The third kappa shape index (κ3) is 6.32. The molecule has 71 heavy (non-hydrogen) atoms. The number of anilines is 6. The van der Waals surface area contributed by atoms with Crippen molar-refractivity contribution in [2.45, 2.75) is 93.0 Å². The van der Waals surface area contributed by atoms with Gasteiger partial charge < -0.3 is 9.80 Å². The van der Waals surface area contributed by atoms with Gasteiger partial charge >= 0.3 is 0 Å². The number of hydrogen-bond donors (Lipinski definition) is 0. The Balaban J connectivity index is 1.12. The van der Waals surface area contributed by atoms with Crippen LogP contribution in [0.5, 0.6) is 0 Å². The van der Waals surface area contributed by atoms with Crippen LogP contribution in [-0.4, -0.2) is 20.1 Å². The number of nitrogens with zero attached hydrogens (tertiary/aromatic N) is 2. The van der Waals surface area contributed by atoms with Gasteiger partial charge in [-0.15, -0.1) is 0 Å². The molecule has 0 saturated heterocycles. The molecule has 6 heterocycles. The average molecular weight is 981 g/mol. The van der Waals surface area contributed by atoms with Gasteiger partial charge in [-0.1, -0.05) is 167 Å². The number of hydrogen-bond acceptors (Lipinski definition) is 6. The van der Waals surface area contributed by atoms with Gasteiger partial charge in [-0.05, 0) is 168 Å². The van der Waals surface area contributed by atoms with E-state index in [0.29, 0.717) is 0 Å². The molecule has 0 fully saturated rings. The summed E-state index contributed by atoms with van der Waals surface area (Å²) in [6.07, 6.45) is 3.30. The second kappa shape index (κ2) is 16.1. The first-order valence-corrected chi connectivity index (χ1v) is 28.5. The Labute approximate surface area is 435 Å². The molecule has 9 aromatic carbocycles. The molecular formula is C62H47B3N2S4. The number of rotatable bonds is 5. The van der Waals surface area contributed by atoms with Crippen molar-refractivity contribution in [1.29, 1.82) is 0 Å². The number of aryl methyl sites for hydroxylation is 5. The maximum absolute atomic E-state index is 2.71. The Morgan fingerprint density at radius 3 is 1.13 bits per heavy atom. The van der Waals surface area contributed by atoms with Gasteiger partial charge in [0.25, 0.3) is 6.71 Å². The Hall–Kier alpha value is -5.83. The van der Waals surface area contributed by atoms with Crippen molar-refractivity contribution in [3.05, 3.63) is 186 Å². The van der Waals surface area contributed by atoms with Crippen LogP contribution in [0.3, 0.4) is 0 Å². The minimum absolute atomic E-state index is 0.0451. The zero-order valence-corrected chi connectivity index (χ0v) is 43.7. The maximum atomic E-state index is 2.71. The van der Waals surface area contributed by atoms with Gasteiger partial charge in [-0.25, -0.2) is 0 Å². The topological polar surface area (TPSA) is 6.48 Å². The van der Waals surface area contributed by atoms with E-state index in [9.17, 15) is 0 Å². The zero-order chi connectivity index (χ0) is 47.4. The van der Waals surface area contributed by atoms with Crippen molar-refractivity contribution in [2.75, 3.05) is 9.80 Å². The van der Waals surface area contributed by atoms with Crippen molar-refractivity contribution >= 4 is 150 Å². The second-order valence-corrected chi connectivity index (χ2v) is 24.7. The fourth-order valence-corrected chi connectivity index (χ4v) is 18.3. The molecule has 2 nitrogen and oxygen atoms in total. The van der Waals surface area contributed by atoms with E-state index < -0.39 is 0 Å². The van der Waals surface area contributed by atoms with Crippen LogP contribution < -0.4 is 59.0 Å². The summed E-state index contributed by atoms with van der Waals surface area (Å²) in [4.78, 5) is 16.5. The van der Waals surface area contributed by atoms with E-state index in [1.54, 1.807) is 0 Å². The van der Waals surface area contributed by atoms with Gasteiger partial charge in [0.15, 0.2) is 0 Å². The molecule has 338 valence electrons. The smallest absolute Gasteiger partial charge is 0.255 e. The highest BCUT2D eigenvalue weighted by Gasteiger charge is 2.52. The van der Waals surface area contributed by atoms with Gasteiger partial charge in [0.1, 0.15) is 0 Å². The van der Waals surface area contributed by atoms with Crippen LogP contribution in [-0.2, 0) is 6.42 Å². The highest BCUT2D eigenvalue weighted by Crippen LogP contribution is 2.51. The molecule has 0 N–H and O–H groups in total. The average Bonchev–Trinajstić information content (AvgIpc) is 3.37. The third-order valence-electron chi connectivity index (χ3n) is 15.7. The Morgan fingerprint density at radius 2 is 0.732 bits per heavy atom. The van der Waals surface area contributed by atoms with Crippen LogP contribution >= 0.6 is 47.0 Å². The highest BCUT2D eigenvalue weighted by molar-refractivity contribution is 8.02. The molecule has 9 aromatic rings. The summed E-state index contributed by atoms with van der Waals surface area (Å²) in [5.74, 6) is 0. The quantitative estimate of drug-likeness (QED) is 0.157.